The Kier molecular flexibility index (Phi) is 5.52. The largest absolute Gasteiger partial charge is 0.480 e. The summed E-state index contributed by atoms with van der Waals surface area (Å²) in [5.41, 5.74) is -1.72. The summed E-state index contributed by atoms with van der Waals surface area (Å²) in [6.45, 7) is 0.498. The van der Waals surface area contributed by atoms with Crippen LogP contribution in [0.15, 0.2) is 23.1 Å². The van der Waals surface area contributed by atoms with E-state index in [0.717, 1.165) is 0 Å². The molecular formula is C12H13F4NO4S. The molecule has 0 fully saturated rings. The normalized spacial score (nSPS) is 12.6. The SMILES string of the molecule is CCCN(CC(=O)O)S(=O)(=O)c1ccc(F)c(C(F)(F)F)c1. The molecule has 0 atom stereocenters. The molecule has 1 rings (SSSR count). The first kappa shape index (κ1) is 18.4. The Balaban J connectivity index is 3.35. The third-order valence-corrected chi connectivity index (χ3v) is 4.51. The second kappa shape index (κ2) is 6.61. The van der Waals surface area contributed by atoms with Gasteiger partial charge in [0.05, 0.1) is 10.5 Å². The molecule has 22 heavy (non-hydrogen) atoms. The van der Waals surface area contributed by atoms with Crippen molar-refractivity contribution in [3.63, 3.8) is 0 Å². The van der Waals surface area contributed by atoms with Gasteiger partial charge in [-0.3, -0.25) is 4.79 Å². The fourth-order valence-electron chi connectivity index (χ4n) is 1.72. The lowest BCUT2D eigenvalue weighted by molar-refractivity contribution is -0.140. The third-order valence-electron chi connectivity index (χ3n) is 2.67. The first-order chi connectivity index (χ1) is 10.00. The molecule has 0 spiro atoms. The van der Waals surface area contributed by atoms with Crippen molar-refractivity contribution in [1.29, 1.82) is 0 Å². The highest BCUT2D eigenvalue weighted by Crippen LogP contribution is 2.33. The molecule has 0 saturated heterocycles. The standard InChI is InChI=1S/C12H13F4NO4S/c1-2-5-17(7-11(18)19)22(20,21)8-3-4-10(13)9(6-8)12(14,15)16/h3-4,6H,2,5,7H2,1H3,(H,18,19). The number of hydrogen-bond donors (Lipinski definition) is 1. The van der Waals surface area contributed by atoms with Gasteiger partial charge in [-0.15, -0.1) is 0 Å². The van der Waals surface area contributed by atoms with Crippen LogP contribution >= 0.6 is 0 Å². The number of carboxylic acids is 1. The van der Waals surface area contributed by atoms with Crippen LogP contribution in [0, 0.1) is 5.82 Å². The Morgan fingerprint density at radius 3 is 2.36 bits per heavy atom. The molecule has 5 nitrogen and oxygen atoms in total. The second-order valence-corrected chi connectivity index (χ2v) is 6.31. The van der Waals surface area contributed by atoms with Crippen LogP contribution in [0.25, 0.3) is 0 Å². The minimum Gasteiger partial charge on any atom is -0.480 e. The average Bonchev–Trinajstić information content (AvgIpc) is 2.36. The number of carboxylic acid groups (broad SMARTS) is 1. The predicted octanol–water partition coefficient (Wildman–Crippen LogP) is 2.33. The van der Waals surface area contributed by atoms with Gasteiger partial charge in [0.1, 0.15) is 12.4 Å². The maximum absolute atomic E-state index is 13.2. The van der Waals surface area contributed by atoms with Gasteiger partial charge in [0.2, 0.25) is 10.0 Å². The summed E-state index contributed by atoms with van der Waals surface area (Å²) < 4.78 is 76.1. The number of alkyl halides is 3. The summed E-state index contributed by atoms with van der Waals surface area (Å²) in [6, 6.07) is 1.22. The van der Waals surface area contributed by atoms with Gasteiger partial charge in [-0.1, -0.05) is 6.92 Å². The molecule has 1 aromatic carbocycles. The highest BCUT2D eigenvalue weighted by molar-refractivity contribution is 7.89. The van der Waals surface area contributed by atoms with Gasteiger partial charge in [0.25, 0.3) is 0 Å². The van der Waals surface area contributed by atoms with E-state index >= 15 is 0 Å². The van der Waals surface area contributed by atoms with Gasteiger partial charge in [0.15, 0.2) is 0 Å². The fourth-order valence-corrected chi connectivity index (χ4v) is 3.22. The van der Waals surface area contributed by atoms with Crippen molar-refractivity contribution in [3.05, 3.63) is 29.6 Å². The van der Waals surface area contributed by atoms with Crippen LogP contribution in [0.3, 0.4) is 0 Å². The van der Waals surface area contributed by atoms with E-state index in [1.165, 1.54) is 0 Å². The lowest BCUT2D eigenvalue weighted by Crippen LogP contribution is -2.36. The third kappa shape index (κ3) is 4.17. The predicted molar refractivity (Wildman–Crippen MR) is 68.1 cm³/mol. The molecule has 0 aliphatic carbocycles. The number of halogens is 4. The highest BCUT2D eigenvalue weighted by atomic mass is 32.2. The van der Waals surface area contributed by atoms with Crippen molar-refractivity contribution in [2.45, 2.75) is 24.4 Å². The lowest BCUT2D eigenvalue weighted by Gasteiger charge is -2.20. The highest BCUT2D eigenvalue weighted by Gasteiger charge is 2.36. The molecule has 0 saturated carbocycles. The molecule has 1 N–H and O–H groups in total. The van der Waals surface area contributed by atoms with Crippen molar-refractivity contribution >= 4 is 16.0 Å². The number of carbonyl (C=O) groups is 1. The minimum atomic E-state index is -5.06. The van der Waals surface area contributed by atoms with Crippen molar-refractivity contribution in [3.8, 4) is 0 Å². The quantitative estimate of drug-likeness (QED) is 0.805. The van der Waals surface area contributed by atoms with E-state index in [9.17, 15) is 30.8 Å². The zero-order chi connectivity index (χ0) is 17.1. The first-order valence-corrected chi connectivity index (χ1v) is 7.52. The van der Waals surface area contributed by atoms with E-state index in [1.54, 1.807) is 6.92 Å². The molecule has 0 unspecified atom stereocenters. The van der Waals surface area contributed by atoms with Crippen LogP contribution in [-0.4, -0.2) is 36.9 Å². The maximum Gasteiger partial charge on any atom is 0.419 e. The van der Waals surface area contributed by atoms with Crippen molar-refractivity contribution in [1.82, 2.24) is 4.31 Å². The van der Waals surface area contributed by atoms with E-state index < -0.39 is 45.0 Å². The maximum atomic E-state index is 13.2. The van der Waals surface area contributed by atoms with Crippen molar-refractivity contribution < 1.29 is 35.9 Å². The first-order valence-electron chi connectivity index (χ1n) is 6.08. The Bertz CT molecular complexity index is 658. The van der Waals surface area contributed by atoms with E-state index in [2.05, 4.69) is 0 Å². The van der Waals surface area contributed by atoms with Gasteiger partial charge in [-0.25, -0.2) is 12.8 Å². The van der Waals surface area contributed by atoms with Gasteiger partial charge in [0, 0.05) is 6.54 Å². The summed E-state index contributed by atoms with van der Waals surface area (Å²) >= 11 is 0. The number of benzene rings is 1. The molecular weight excluding hydrogens is 330 g/mol. The number of aliphatic carboxylic acids is 1. The molecule has 0 aliphatic rings. The summed E-state index contributed by atoms with van der Waals surface area (Å²) in [6.07, 6.45) is -4.79. The number of rotatable bonds is 6. The minimum absolute atomic E-state index is 0.162. The molecule has 124 valence electrons. The molecule has 0 heterocycles. The van der Waals surface area contributed by atoms with Crippen LogP contribution in [-0.2, 0) is 21.0 Å². The molecule has 0 radical (unpaired) electrons. The van der Waals surface area contributed by atoms with Crippen molar-refractivity contribution in [2.24, 2.45) is 0 Å². The summed E-state index contributed by atoms with van der Waals surface area (Å²) in [7, 11) is -4.47. The summed E-state index contributed by atoms with van der Waals surface area (Å²) in [5, 5.41) is 8.70. The Morgan fingerprint density at radius 2 is 1.91 bits per heavy atom. The van der Waals surface area contributed by atoms with Gasteiger partial charge < -0.3 is 5.11 Å². The molecule has 0 bridgehead atoms. The molecule has 0 aliphatic heterocycles. The molecule has 0 amide bonds. The smallest absolute Gasteiger partial charge is 0.419 e. The van der Waals surface area contributed by atoms with Gasteiger partial charge in [-0.05, 0) is 24.6 Å². The zero-order valence-electron chi connectivity index (χ0n) is 11.4. The lowest BCUT2D eigenvalue weighted by atomic mass is 10.2. The Morgan fingerprint density at radius 1 is 1.32 bits per heavy atom. The van der Waals surface area contributed by atoms with E-state index in [4.69, 9.17) is 5.11 Å². The van der Waals surface area contributed by atoms with Crippen LogP contribution in [0.5, 0.6) is 0 Å². The van der Waals surface area contributed by atoms with E-state index in [0.29, 0.717) is 16.4 Å². The average molecular weight is 343 g/mol. The second-order valence-electron chi connectivity index (χ2n) is 4.37. The van der Waals surface area contributed by atoms with Crippen LogP contribution < -0.4 is 0 Å². The van der Waals surface area contributed by atoms with E-state index in [1.807, 2.05) is 0 Å². The van der Waals surface area contributed by atoms with Gasteiger partial charge in [-0.2, -0.15) is 17.5 Å². The molecule has 0 aromatic heterocycles. The topological polar surface area (TPSA) is 74.7 Å². The molecule has 1 aromatic rings. The monoisotopic (exact) mass is 343 g/mol. The van der Waals surface area contributed by atoms with Crippen LogP contribution in [0.1, 0.15) is 18.9 Å². The zero-order valence-corrected chi connectivity index (χ0v) is 12.2. The van der Waals surface area contributed by atoms with E-state index in [-0.39, 0.29) is 19.0 Å². The Hall–Kier alpha value is -1.68. The fraction of sp³-hybridized carbons (Fsp3) is 0.417. The Labute approximate surface area is 124 Å². The van der Waals surface area contributed by atoms with Crippen molar-refractivity contribution in [2.75, 3.05) is 13.1 Å². The summed E-state index contributed by atoms with van der Waals surface area (Å²) in [4.78, 5) is 9.89. The molecule has 10 heteroatoms. The van der Waals surface area contributed by atoms with Crippen LogP contribution in [0.4, 0.5) is 17.6 Å². The number of hydrogen-bond acceptors (Lipinski definition) is 3. The summed E-state index contributed by atoms with van der Waals surface area (Å²) in [5.74, 6) is -3.05. The number of sulfonamides is 1. The number of nitrogens with zero attached hydrogens (tertiary/aromatic N) is 1. The van der Waals surface area contributed by atoms with Gasteiger partial charge >= 0.3 is 12.1 Å². The van der Waals surface area contributed by atoms with Crippen LogP contribution in [0.2, 0.25) is 0 Å².